The predicted molar refractivity (Wildman–Crippen MR) is 102 cm³/mol. The number of rotatable bonds is 8. The second-order valence-corrected chi connectivity index (χ2v) is 6.13. The van der Waals surface area contributed by atoms with E-state index in [1.165, 1.54) is 6.33 Å². The lowest BCUT2D eigenvalue weighted by molar-refractivity contribution is 0.102. The van der Waals surface area contributed by atoms with Crippen LogP contribution in [0.2, 0.25) is 0 Å². The van der Waals surface area contributed by atoms with Crippen LogP contribution in [-0.2, 0) is 12.8 Å². The largest absolute Gasteiger partial charge is 0.369 e. The van der Waals surface area contributed by atoms with Crippen molar-refractivity contribution in [3.8, 4) is 0 Å². The highest BCUT2D eigenvalue weighted by Gasteiger charge is 2.13. The van der Waals surface area contributed by atoms with Crippen molar-refractivity contribution in [2.75, 3.05) is 37.8 Å². The molecule has 134 valence electrons. The summed E-state index contributed by atoms with van der Waals surface area (Å²) < 4.78 is 0. The Bertz CT molecular complexity index is 692. The second-order valence-electron chi connectivity index (χ2n) is 6.13. The van der Waals surface area contributed by atoms with Crippen molar-refractivity contribution in [1.29, 1.82) is 0 Å². The highest BCUT2D eigenvalue weighted by atomic mass is 16.1. The lowest BCUT2D eigenvalue weighted by Gasteiger charge is -2.14. The third-order valence-electron chi connectivity index (χ3n) is 4.00. The van der Waals surface area contributed by atoms with E-state index in [2.05, 4.69) is 39.3 Å². The van der Waals surface area contributed by atoms with Gasteiger partial charge in [-0.3, -0.25) is 4.79 Å². The Kier molecular flexibility index (Phi) is 6.89. The standard InChI is InChI=1S/C19H27N5O/c1-5-14-8-7-9-15(6-2)18(14)23-19(25)16-12-17(22-13-21-16)20-10-11-24(3)4/h7-9,12-13H,5-6,10-11H2,1-4H3,(H,23,25)(H,20,21,22). The number of anilines is 2. The number of benzene rings is 1. The Balaban J connectivity index is 2.14. The van der Waals surface area contributed by atoms with E-state index in [9.17, 15) is 4.79 Å². The molecule has 25 heavy (non-hydrogen) atoms. The van der Waals surface area contributed by atoms with E-state index in [0.29, 0.717) is 11.5 Å². The Morgan fingerprint density at radius 2 is 1.80 bits per heavy atom. The lowest BCUT2D eigenvalue weighted by atomic mass is 10.0. The smallest absolute Gasteiger partial charge is 0.274 e. The molecule has 0 fully saturated rings. The zero-order chi connectivity index (χ0) is 18.2. The van der Waals surface area contributed by atoms with E-state index in [-0.39, 0.29) is 5.91 Å². The van der Waals surface area contributed by atoms with Crippen LogP contribution in [0.5, 0.6) is 0 Å². The summed E-state index contributed by atoms with van der Waals surface area (Å²) in [5, 5.41) is 6.24. The van der Waals surface area contributed by atoms with Crippen molar-refractivity contribution in [3.05, 3.63) is 47.4 Å². The molecule has 0 aliphatic heterocycles. The number of nitrogens with one attached hydrogen (secondary N) is 2. The molecule has 0 aliphatic rings. The van der Waals surface area contributed by atoms with Crippen LogP contribution in [0.4, 0.5) is 11.5 Å². The first-order valence-corrected chi connectivity index (χ1v) is 8.67. The SMILES string of the molecule is CCc1cccc(CC)c1NC(=O)c1cc(NCCN(C)C)ncn1. The number of aryl methyl sites for hydroxylation is 2. The monoisotopic (exact) mass is 341 g/mol. The molecule has 2 aromatic rings. The van der Waals surface area contributed by atoms with Crippen molar-refractivity contribution < 1.29 is 4.79 Å². The maximum atomic E-state index is 12.6. The molecule has 0 saturated heterocycles. The van der Waals surface area contributed by atoms with Crippen molar-refractivity contribution in [2.24, 2.45) is 0 Å². The highest BCUT2D eigenvalue weighted by molar-refractivity contribution is 6.04. The third-order valence-corrected chi connectivity index (χ3v) is 4.00. The Hall–Kier alpha value is -2.47. The molecule has 0 atom stereocenters. The molecular formula is C19H27N5O. The van der Waals surface area contributed by atoms with Gasteiger partial charge in [-0.2, -0.15) is 0 Å². The molecule has 1 aromatic carbocycles. The number of nitrogens with zero attached hydrogens (tertiary/aromatic N) is 3. The van der Waals surface area contributed by atoms with Gasteiger partial charge in [0.05, 0.1) is 0 Å². The van der Waals surface area contributed by atoms with Crippen LogP contribution in [0.15, 0.2) is 30.6 Å². The lowest BCUT2D eigenvalue weighted by Crippen LogP contribution is -2.21. The summed E-state index contributed by atoms with van der Waals surface area (Å²) in [6, 6.07) is 7.81. The van der Waals surface area contributed by atoms with Gasteiger partial charge >= 0.3 is 0 Å². The summed E-state index contributed by atoms with van der Waals surface area (Å²) in [6.07, 6.45) is 3.15. The van der Waals surface area contributed by atoms with Crippen LogP contribution in [-0.4, -0.2) is 48.0 Å². The van der Waals surface area contributed by atoms with Crippen LogP contribution in [0.1, 0.15) is 35.5 Å². The van der Waals surface area contributed by atoms with Gasteiger partial charge in [-0.05, 0) is 38.1 Å². The van der Waals surface area contributed by atoms with Gasteiger partial charge in [0.1, 0.15) is 17.8 Å². The topological polar surface area (TPSA) is 70.2 Å². The van der Waals surface area contributed by atoms with Crippen molar-refractivity contribution >= 4 is 17.4 Å². The fourth-order valence-electron chi connectivity index (χ4n) is 2.57. The van der Waals surface area contributed by atoms with Crippen LogP contribution in [0.3, 0.4) is 0 Å². The van der Waals surface area contributed by atoms with Crippen molar-refractivity contribution in [2.45, 2.75) is 26.7 Å². The van der Waals surface area contributed by atoms with Crippen LogP contribution in [0, 0.1) is 0 Å². The van der Waals surface area contributed by atoms with Gasteiger partial charge in [-0.15, -0.1) is 0 Å². The number of aromatic nitrogens is 2. The molecule has 1 aromatic heterocycles. The summed E-state index contributed by atoms with van der Waals surface area (Å²) in [4.78, 5) is 23.0. The first kappa shape index (κ1) is 18.9. The molecule has 0 spiro atoms. The maximum absolute atomic E-state index is 12.6. The quantitative estimate of drug-likeness (QED) is 0.773. The first-order valence-electron chi connectivity index (χ1n) is 8.67. The average Bonchev–Trinajstić information content (AvgIpc) is 2.61. The minimum Gasteiger partial charge on any atom is -0.369 e. The van der Waals surface area contributed by atoms with Gasteiger partial charge < -0.3 is 15.5 Å². The highest BCUT2D eigenvalue weighted by Crippen LogP contribution is 2.23. The first-order chi connectivity index (χ1) is 12.0. The molecule has 2 rings (SSSR count). The maximum Gasteiger partial charge on any atom is 0.274 e. The van der Waals surface area contributed by atoms with E-state index in [1.807, 2.05) is 32.3 Å². The van der Waals surface area contributed by atoms with Crippen LogP contribution in [0.25, 0.3) is 0 Å². The Labute approximate surface area is 149 Å². The van der Waals surface area contributed by atoms with Gasteiger partial charge in [-0.25, -0.2) is 9.97 Å². The second kappa shape index (κ2) is 9.13. The molecule has 0 aliphatic carbocycles. The number of carbonyl (C=O) groups excluding carboxylic acids is 1. The molecule has 2 N–H and O–H groups in total. The van der Waals surface area contributed by atoms with Gasteiger partial charge in [0.2, 0.25) is 0 Å². The van der Waals surface area contributed by atoms with Crippen LogP contribution < -0.4 is 10.6 Å². The van der Waals surface area contributed by atoms with Crippen molar-refractivity contribution in [3.63, 3.8) is 0 Å². The number of hydrogen-bond acceptors (Lipinski definition) is 5. The molecule has 6 nitrogen and oxygen atoms in total. The molecule has 0 bridgehead atoms. The average molecular weight is 341 g/mol. The summed E-state index contributed by atoms with van der Waals surface area (Å²) in [6.45, 7) is 5.81. The zero-order valence-corrected chi connectivity index (χ0v) is 15.5. The molecule has 6 heteroatoms. The number of likely N-dealkylation sites (N-methyl/N-ethyl adjacent to an activating group) is 1. The van der Waals surface area contributed by atoms with E-state index in [4.69, 9.17) is 0 Å². The normalized spacial score (nSPS) is 10.8. The minimum atomic E-state index is -0.214. The van der Waals surface area contributed by atoms with Gasteiger partial charge in [0.25, 0.3) is 5.91 Å². The van der Waals surface area contributed by atoms with E-state index >= 15 is 0 Å². The zero-order valence-electron chi connectivity index (χ0n) is 15.5. The predicted octanol–water partition coefficient (Wildman–Crippen LogP) is 2.83. The Morgan fingerprint density at radius 1 is 1.12 bits per heavy atom. The fourth-order valence-corrected chi connectivity index (χ4v) is 2.57. The number of carbonyl (C=O) groups is 1. The van der Waals surface area contributed by atoms with Crippen molar-refractivity contribution in [1.82, 2.24) is 14.9 Å². The molecule has 0 unspecified atom stereocenters. The van der Waals surface area contributed by atoms with E-state index in [0.717, 1.165) is 42.7 Å². The van der Waals surface area contributed by atoms with Crippen LogP contribution >= 0.6 is 0 Å². The summed E-state index contributed by atoms with van der Waals surface area (Å²) in [5.74, 6) is 0.440. The molecule has 0 radical (unpaired) electrons. The molecule has 1 heterocycles. The molecule has 1 amide bonds. The third kappa shape index (κ3) is 5.26. The van der Waals surface area contributed by atoms with E-state index < -0.39 is 0 Å². The fraction of sp³-hybridized carbons (Fsp3) is 0.421. The summed E-state index contributed by atoms with van der Waals surface area (Å²) >= 11 is 0. The summed E-state index contributed by atoms with van der Waals surface area (Å²) in [7, 11) is 4.02. The molecular weight excluding hydrogens is 314 g/mol. The van der Waals surface area contributed by atoms with E-state index in [1.54, 1.807) is 6.07 Å². The van der Waals surface area contributed by atoms with Gasteiger partial charge in [-0.1, -0.05) is 32.0 Å². The number of hydrogen-bond donors (Lipinski definition) is 2. The summed E-state index contributed by atoms with van der Waals surface area (Å²) in [5.41, 5.74) is 3.52. The molecule has 0 saturated carbocycles. The number of para-hydroxylation sites is 1. The van der Waals surface area contributed by atoms with Gasteiger partial charge in [0.15, 0.2) is 0 Å². The minimum absolute atomic E-state index is 0.214. The Morgan fingerprint density at radius 3 is 2.40 bits per heavy atom. The van der Waals surface area contributed by atoms with Gasteiger partial charge in [0, 0.05) is 24.8 Å². The number of amides is 1.